The van der Waals surface area contributed by atoms with Gasteiger partial charge in [-0.2, -0.15) is 5.10 Å². The summed E-state index contributed by atoms with van der Waals surface area (Å²) in [6.07, 6.45) is 6.29. The van der Waals surface area contributed by atoms with E-state index in [9.17, 15) is 4.79 Å². The Morgan fingerprint density at radius 3 is 2.62 bits per heavy atom. The molecule has 6 nitrogen and oxygen atoms in total. The lowest BCUT2D eigenvalue weighted by atomic mass is 10.2. The third-order valence-corrected chi connectivity index (χ3v) is 6.36. The van der Waals surface area contributed by atoms with Crippen molar-refractivity contribution in [3.8, 4) is 17.0 Å². The van der Waals surface area contributed by atoms with E-state index in [1.54, 1.807) is 10.6 Å². The van der Waals surface area contributed by atoms with Crippen molar-refractivity contribution in [1.29, 1.82) is 0 Å². The van der Waals surface area contributed by atoms with Gasteiger partial charge in [0.25, 0.3) is 5.56 Å². The highest BCUT2D eigenvalue weighted by atomic mass is 16.3. The smallest absolute Gasteiger partial charge is 0.255 e. The van der Waals surface area contributed by atoms with Crippen molar-refractivity contribution in [3.63, 3.8) is 0 Å². The van der Waals surface area contributed by atoms with Crippen molar-refractivity contribution >= 4 is 21.9 Å². The van der Waals surface area contributed by atoms with Gasteiger partial charge in [0.1, 0.15) is 11.3 Å². The lowest BCUT2D eigenvalue weighted by Gasteiger charge is -2.14. The summed E-state index contributed by atoms with van der Waals surface area (Å²) >= 11 is 0. The molecule has 32 heavy (non-hydrogen) atoms. The van der Waals surface area contributed by atoms with Crippen LogP contribution in [0.1, 0.15) is 12.8 Å². The Hall–Kier alpha value is -3.64. The lowest BCUT2D eigenvalue weighted by Crippen LogP contribution is -2.24. The van der Waals surface area contributed by atoms with Crippen molar-refractivity contribution in [2.45, 2.75) is 19.4 Å². The number of rotatable bonds is 5. The van der Waals surface area contributed by atoms with Crippen LogP contribution >= 0.6 is 0 Å². The fraction of sp³-hybridized carbons (Fsp3) is 0.231. The van der Waals surface area contributed by atoms with Gasteiger partial charge in [0.15, 0.2) is 0 Å². The number of nitrogens with zero attached hydrogens (tertiary/aromatic N) is 4. The van der Waals surface area contributed by atoms with Gasteiger partial charge in [0.2, 0.25) is 0 Å². The maximum absolute atomic E-state index is 12.9. The third-order valence-electron chi connectivity index (χ3n) is 6.36. The Bertz CT molecular complexity index is 1440. The van der Waals surface area contributed by atoms with Gasteiger partial charge in [-0.15, -0.1) is 0 Å². The normalized spacial score (nSPS) is 14.6. The second-order valence-corrected chi connectivity index (χ2v) is 8.43. The van der Waals surface area contributed by atoms with E-state index in [1.165, 1.54) is 25.9 Å². The number of hydrogen-bond donors (Lipinski definition) is 0. The van der Waals surface area contributed by atoms with Gasteiger partial charge < -0.3 is 9.32 Å². The highest BCUT2D eigenvalue weighted by molar-refractivity contribution is 5.83. The molecule has 1 aliphatic heterocycles. The lowest BCUT2D eigenvalue weighted by molar-refractivity contribution is 0.318. The molecule has 0 bridgehead atoms. The Labute approximate surface area is 185 Å². The minimum absolute atomic E-state index is 0.0938. The number of benzene rings is 2. The van der Waals surface area contributed by atoms with Gasteiger partial charge in [0, 0.05) is 40.8 Å². The summed E-state index contributed by atoms with van der Waals surface area (Å²) in [5, 5.41) is 6.64. The minimum Gasteiger partial charge on any atom is -0.456 e. The average Bonchev–Trinajstić information content (AvgIpc) is 3.56. The maximum atomic E-state index is 12.9. The molecule has 1 saturated heterocycles. The molecule has 0 amide bonds. The van der Waals surface area contributed by atoms with E-state index in [0.717, 1.165) is 46.2 Å². The zero-order valence-electron chi connectivity index (χ0n) is 17.8. The van der Waals surface area contributed by atoms with Crippen LogP contribution in [0.5, 0.6) is 0 Å². The first-order valence-corrected chi connectivity index (χ1v) is 11.1. The first kappa shape index (κ1) is 19.1. The molecule has 0 unspecified atom stereocenters. The molecule has 1 fully saturated rings. The van der Waals surface area contributed by atoms with Gasteiger partial charge >= 0.3 is 0 Å². The molecular weight excluding hydrogens is 400 g/mol. The number of aromatic nitrogens is 3. The summed E-state index contributed by atoms with van der Waals surface area (Å²) < 4.78 is 9.63. The van der Waals surface area contributed by atoms with Crippen LogP contribution in [0.3, 0.4) is 0 Å². The van der Waals surface area contributed by atoms with Gasteiger partial charge in [-0.1, -0.05) is 18.2 Å². The number of furan rings is 1. The molecular formula is C26H24N4O2. The number of hydrogen-bond acceptors (Lipinski definition) is 4. The van der Waals surface area contributed by atoms with Crippen LogP contribution in [-0.4, -0.2) is 38.9 Å². The van der Waals surface area contributed by atoms with E-state index in [0.29, 0.717) is 5.76 Å². The van der Waals surface area contributed by atoms with Crippen LogP contribution in [0.4, 0.5) is 0 Å². The molecule has 6 heteroatoms. The van der Waals surface area contributed by atoms with Gasteiger partial charge in [-0.05, 0) is 62.3 Å². The first-order chi connectivity index (χ1) is 15.7. The molecule has 0 atom stereocenters. The number of para-hydroxylation sites is 1. The van der Waals surface area contributed by atoms with Crippen LogP contribution in [-0.2, 0) is 6.54 Å². The fourth-order valence-electron chi connectivity index (χ4n) is 4.61. The average molecular weight is 425 g/mol. The van der Waals surface area contributed by atoms with Crippen molar-refractivity contribution in [2.75, 3.05) is 19.6 Å². The molecule has 6 rings (SSSR count). The first-order valence-electron chi connectivity index (χ1n) is 11.1. The second kappa shape index (κ2) is 7.80. The van der Waals surface area contributed by atoms with Crippen molar-refractivity contribution < 1.29 is 4.42 Å². The largest absolute Gasteiger partial charge is 0.456 e. The number of pyridine rings is 1. The summed E-state index contributed by atoms with van der Waals surface area (Å²) in [7, 11) is 0. The fourth-order valence-corrected chi connectivity index (χ4v) is 4.61. The summed E-state index contributed by atoms with van der Waals surface area (Å²) in [6, 6.07) is 19.4. The molecule has 4 heterocycles. The molecule has 2 aromatic carbocycles. The summed E-state index contributed by atoms with van der Waals surface area (Å²) in [6.45, 7) is 4.29. The van der Waals surface area contributed by atoms with Crippen LogP contribution in [0, 0.1) is 0 Å². The summed E-state index contributed by atoms with van der Waals surface area (Å²) in [5.41, 5.74) is 3.43. The molecule has 3 aromatic heterocycles. The van der Waals surface area contributed by atoms with Gasteiger partial charge in [-0.25, -0.2) is 0 Å². The van der Waals surface area contributed by atoms with E-state index < -0.39 is 0 Å². The predicted octanol–water partition coefficient (Wildman–Crippen LogP) is 4.70. The molecule has 0 N–H and O–H groups in total. The van der Waals surface area contributed by atoms with E-state index in [1.807, 2.05) is 60.9 Å². The van der Waals surface area contributed by atoms with Crippen LogP contribution in [0.25, 0.3) is 38.9 Å². The van der Waals surface area contributed by atoms with E-state index in [-0.39, 0.29) is 5.56 Å². The highest BCUT2D eigenvalue weighted by Crippen LogP contribution is 2.27. The summed E-state index contributed by atoms with van der Waals surface area (Å²) in [4.78, 5) is 15.4. The van der Waals surface area contributed by atoms with E-state index >= 15 is 0 Å². The Kier molecular flexibility index (Phi) is 4.65. The van der Waals surface area contributed by atoms with Crippen molar-refractivity contribution in [3.05, 3.63) is 83.4 Å². The van der Waals surface area contributed by atoms with Crippen LogP contribution < -0.4 is 5.56 Å². The van der Waals surface area contributed by atoms with Crippen LogP contribution in [0.15, 0.2) is 82.3 Å². The Morgan fingerprint density at radius 2 is 1.78 bits per heavy atom. The SMILES string of the molecule is O=c1cc(-c2cc3ccccc3o2)ccn1-c1ccc2c(cnn2CCN2CCCC2)c1. The van der Waals surface area contributed by atoms with Crippen molar-refractivity contribution in [2.24, 2.45) is 0 Å². The van der Waals surface area contributed by atoms with Gasteiger partial charge in [-0.3, -0.25) is 14.0 Å². The molecule has 0 spiro atoms. The second-order valence-electron chi connectivity index (χ2n) is 8.43. The zero-order chi connectivity index (χ0) is 21.5. The van der Waals surface area contributed by atoms with Gasteiger partial charge in [0.05, 0.1) is 18.3 Å². The Morgan fingerprint density at radius 1 is 0.906 bits per heavy atom. The summed E-state index contributed by atoms with van der Waals surface area (Å²) in [5.74, 6) is 0.699. The number of likely N-dealkylation sites (tertiary alicyclic amines) is 1. The Balaban J connectivity index is 1.28. The molecule has 0 aliphatic carbocycles. The topological polar surface area (TPSA) is 56.2 Å². The molecule has 160 valence electrons. The third kappa shape index (κ3) is 3.42. The van der Waals surface area contributed by atoms with Crippen LogP contribution in [0.2, 0.25) is 0 Å². The van der Waals surface area contributed by atoms with Crippen molar-refractivity contribution in [1.82, 2.24) is 19.2 Å². The standard InChI is InChI=1S/C26H24N4O2/c31-26-17-20(25-16-19-5-1-2-6-24(19)32-25)9-12-29(26)22-7-8-23-21(15-22)18-27-30(23)14-13-28-10-3-4-11-28/h1-2,5-9,12,15-18H,3-4,10-11,13-14H2. The predicted molar refractivity (Wildman–Crippen MR) is 126 cm³/mol. The maximum Gasteiger partial charge on any atom is 0.255 e. The zero-order valence-corrected chi connectivity index (χ0v) is 17.8. The van der Waals surface area contributed by atoms with E-state index in [2.05, 4.69) is 20.7 Å². The molecule has 1 aliphatic rings. The molecule has 0 radical (unpaired) electrons. The quantitative estimate of drug-likeness (QED) is 0.411. The van der Waals surface area contributed by atoms with E-state index in [4.69, 9.17) is 4.42 Å². The number of fused-ring (bicyclic) bond motifs is 2. The highest BCUT2D eigenvalue weighted by Gasteiger charge is 2.13. The molecule has 0 saturated carbocycles. The minimum atomic E-state index is -0.0938. The molecule has 5 aromatic rings. The monoisotopic (exact) mass is 424 g/mol.